The van der Waals surface area contributed by atoms with Gasteiger partial charge in [0.1, 0.15) is 0 Å². The van der Waals surface area contributed by atoms with E-state index in [2.05, 4.69) is 34.2 Å². The van der Waals surface area contributed by atoms with Gasteiger partial charge in [-0.15, -0.1) is 10.2 Å². The second-order valence-corrected chi connectivity index (χ2v) is 6.13. The minimum absolute atomic E-state index is 0.192. The van der Waals surface area contributed by atoms with Gasteiger partial charge in [-0.1, -0.05) is 23.7 Å². The molecule has 3 rings (SSSR count). The van der Waals surface area contributed by atoms with Crippen LogP contribution in [0.5, 0.6) is 0 Å². The molecule has 1 aromatic heterocycles. The van der Waals surface area contributed by atoms with Crippen LogP contribution in [0, 0.1) is 6.92 Å². The normalized spacial score (nSPS) is 18.8. The van der Waals surface area contributed by atoms with Gasteiger partial charge in [0.15, 0.2) is 0 Å². The Morgan fingerprint density at radius 2 is 1.86 bits per heavy atom. The molecule has 0 bridgehead atoms. The van der Waals surface area contributed by atoms with Crippen LogP contribution in [-0.2, 0) is 0 Å². The fraction of sp³-hybridized carbons (Fsp3) is 0.500. The van der Waals surface area contributed by atoms with E-state index >= 15 is 0 Å². The average Bonchev–Trinajstić information content (AvgIpc) is 2.94. The number of halogens is 1. The third-order valence-electron chi connectivity index (χ3n) is 4.32. The number of hydrogen-bond donors (Lipinski definition) is 0. The van der Waals surface area contributed by atoms with Crippen LogP contribution < -0.4 is 0 Å². The van der Waals surface area contributed by atoms with Crippen molar-refractivity contribution in [3.63, 3.8) is 0 Å². The number of piperidine rings is 1. The molecule has 0 N–H and O–H groups in total. The first-order valence-electron chi connectivity index (χ1n) is 7.43. The summed E-state index contributed by atoms with van der Waals surface area (Å²) in [7, 11) is 0. The fourth-order valence-electron chi connectivity index (χ4n) is 2.99. The van der Waals surface area contributed by atoms with Gasteiger partial charge in [-0.2, -0.15) is 0 Å². The van der Waals surface area contributed by atoms with Crippen molar-refractivity contribution in [2.24, 2.45) is 0 Å². The lowest BCUT2D eigenvalue weighted by molar-refractivity contribution is 0.142. The van der Waals surface area contributed by atoms with Crippen molar-refractivity contribution in [3.05, 3.63) is 46.6 Å². The van der Waals surface area contributed by atoms with E-state index in [1.807, 2.05) is 19.1 Å². The van der Waals surface area contributed by atoms with Gasteiger partial charge in [0, 0.05) is 11.9 Å². The van der Waals surface area contributed by atoms with Crippen LogP contribution in [0.2, 0.25) is 5.02 Å². The largest absolute Gasteiger partial charge is 0.424 e. The van der Waals surface area contributed by atoms with E-state index in [-0.39, 0.29) is 6.04 Å². The maximum absolute atomic E-state index is 5.95. The van der Waals surface area contributed by atoms with Crippen molar-refractivity contribution in [2.45, 2.75) is 38.6 Å². The zero-order valence-electron chi connectivity index (χ0n) is 12.4. The number of nitrogens with zero attached hydrogens (tertiary/aromatic N) is 3. The summed E-state index contributed by atoms with van der Waals surface area (Å²) >= 11 is 5.95. The van der Waals surface area contributed by atoms with Gasteiger partial charge in [-0.05, 0) is 56.5 Å². The molecule has 2 heterocycles. The third kappa shape index (κ3) is 3.27. The molecular weight excluding hydrogens is 286 g/mol. The van der Waals surface area contributed by atoms with E-state index in [1.165, 1.54) is 5.56 Å². The van der Waals surface area contributed by atoms with Crippen molar-refractivity contribution in [1.82, 2.24) is 15.1 Å². The zero-order valence-corrected chi connectivity index (χ0v) is 13.2. The predicted molar refractivity (Wildman–Crippen MR) is 82.5 cm³/mol. The highest BCUT2D eigenvalue weighted by Gasteiger charge is 2.26. The second-order valence-electron chi connectivity index (χ2n) is 5.70. The maximum Gasteiger partial charge on any atom is 0.233 e. The Bertz CT molecular complexity index is 588. The molecule has 0 amide bonds. The number of rotatable bonds is 3. The van der Waals surface area contributed by atoms with Gasteiger partial charge < -0.3 is 4.42 Å². The summed E-state index contributed by atoms with van der Waals surface area (Å²) < 4.78 is 5.54. The van der Waals surface area contributed by atoms with E-state index in [0.717, 1.165) is 36.8 Å². The van der Waals surface area contributed by atoms with E-state index in [4.69, 9.17) is 16.0 Å². The number of benzene rings is 1. The highest BCUT2D eigenvalue weighted by Crippen LogP contribution is 2.32. The Balaban J connectivity index is 1.61. The standard InChI is InChI=1S/C16H20ClN3O/c1-11(16-19-18-12(2)21-16)20-9-7-14(8-10-20)13-3-5-15(17)6-4-13/h3-6,11,14H,7-10H2,1-2H3/t11-/m0/s1. The van der Waals surface area contributed by atoms with Crippen LogP contribution in [0.1, 0.15) is 49.1 Å². The summed E-state index contributed by atoms with van der Waals surface area (Å²) in [6, 6.07) is 8.44. The first kappa shape index (κ1) is 14.5. The summed E-state index contributed by atoms with van der Waals surface area (Å²) in [5.41, 5.74) is 1.39. The van der Waals surface area contributed by atoms with Gasteiger partial charge in [0.2, 0.25) is 11.8 Å². The molecule has 1 aromatic carbocycles. The molecule has 112 valence electrons. The molecule has 2 aromatic rings. The molecule has 21 heavy (non-hydrogen) atoms. The summed E-state index contributed by atoms with van der Waals surface area (Å²) in [6.45, 7) is 6.07. The quantitative estimate of drug-likeness (QED) is 0.860. The van der Waals surface area contributed by atoms with Gasteiger partial charge in [-0.3, -0.25) is 4.90 Å². The van der Waals surface area contributed by atoms with Crippen molar-refractivity contribution in [3.8, 4) is 0 Å². The van der Waals surface area contributed by atoms with Crippen LogP contribution in [0.25, 0.3) is 0 Å². The molecule has 0 spiro atoms. The van der Waals surface area contributed by atoms with E-state index < -0.39 is 0 Å². The Morgan fingerprint density at radius 3 is 2.43 bits per heavy atom. The molecule has 1 aliphatic rings. The Kier molecular flexibility index (Phi) is 4.27. The summed E-state index contributed by atoms with van der Waals surface area (Å²) in [5, 5.41) is 8.85. The van der Waals surface area contributed by atoms with Crippen molar-refractivity contribution in [2.75, 3.05) is 13.1 Å². The van der Waals surface area contributed by atoms with Crippen LogP contribution in [0.3, 0.4) is 0 Å². The second kappa shape index (κ2) is 6.16. The average molecular weight is 306 g/mol. The molecule has 1 atom stereocenters. The smallest absolute Gasteiger partial charge is 0.233 e. The topological polar surface area (TPSA) is 42.2 Å². The first-order valence-corrected chi connectivity index (χ1v) is 7.81. The first-order chi connectivity index (χ1) is 10.1. The molecule has 0 unspecified atom stereocenters. The van der Waals surface area contributed by atoms with Gasteiger partial charge in [0.25, 0.3) is 0 Å². The lowest BCUT2D eigenvalue weighted by Gasteiger charge is -2.34. The highest BCUT2D eigenvalue weighted by atomic mass is 35.5. The van der Waals surface area contributed by atoms with E-state index in [1.54, 1.807) is 0 Å². The molecule has 1 aliphatic heterocycles. The monoisotopic (exact) mass is 305 g/mol. The Hall–Kier alpha value is -1.39. The molecule has 4 nitrogen and oxygen atoms in total. The molecule has 1 fully saturated rings. The Morgan fingerprint density at radius 1 is 1.19 bits per heavy atom. The number of aromatic nitrogens is 2. The van der Waals surface area contributed by atoms with Gasteiger partial charge in [0.05, 0.1) is 6.04 Å². The number of hydrogen-bond acceptors (Lipinski definition) is 4. The molecular formula is C16H20ClN3O. The lowest BCUT2D eigenvalue weighted by Crippen LogP contribution is -2.35. The predicted octanol–water partition coefficient (Wildman–Crippen LogP) is 3.97. The molecule has 5 heteroatoms. The number of likely N-dealkylation sites (tertiary alicyclic amines) is 1. The maximum atomic E-state index is 5.95. The molecule has 1 saturated heterocycles. The fourth-order valence-corrected chi connectivity index (χ4v) is 3.12. The van der Waals surface area contributed by atoms with E-state index in [9.17, 15) is 0 Å². The number of aryl methyl sites for hydroxylation is 1. The highest BCUT2D eigenvalue weighted by molar-refractivity contribution is 6.30. The van der Waals surface area contributed by atoms with Crippen molar-refractivity contribution >= 4 is 11.6 Å². The molecule has 0 radical (unpaired) electrons. The summed E-state index contributed by atoms with van der Waals surface area (Å²) in [4.78, 5) is 2.42. The van der Waals surface area contributed by atoms with Crippen molar-refractivity contribution in [1.29, 1.82) is 0 Å². The van der Waals surface area contributed by atoms with Crippen molar-refractivity contribution < 1.29 is 4.42 Å². The molecule has 0 aliphatic carbocycles. The zero-order chi connectivity index (χ0) is 14.8. The SMILES string of the molecule is Cc1nnc([C@H](C)N2CCC(c3ccc(Cl)cc3)CC2)o1. The third-order valence-corrected chi connectivity index (χ3v) is 4.57. The minimum atomic E-state index is 0.192. The lowest BCUT2D eigenvalue weighted by atomic mass is 9.89. The van der Waals surface area contributed by atoms with Gasteiger partial charge in [-0.25, -0.2) is 0 Å². The van der Waals surface area contributed by atoms with Crippen LogP contribution >= 0.6 is 11.6 Å². The van der Waals surface area contributed by atoms with Crippen LogP contribution in [-0.4, -0.2) is 28.2 Å². The van der Waals surface area contributed by atoms with Gasteiger partial charge >= 0.3 is 0 Å². The van der Waals surface area contributed by atoms with Crippen LogP contribution in [0.15, 0.2) is 28.7 Å². The summed E-state index contributed by atoms with van der Waals surface area (Å²) in [5.74, 6) is 1.97. The summed E-state index contributed by atoms with van der Waals surface area (Å²) in [6.07, 6.45) is 2.30. The van der Waals surface area contributed by atoms with E-state index in [0.29, 0.717) is 11.8 Å². The molecule has 0 saturated carbocycles. The minimum Gasteiger partial charge on any atom is -0.424 e. The van der Waals surface area contributed by atoms with Crippen LogP contribution in [0.4, 0.5) is 0 Å². The Labute approximate surface area is 130 Å².